The van der Waals surface area contributed by atoms with E-state index in [0.29, 0.717) is 42.8 Å². The van der Waals surface area contributed by atoms with Gasteiger partial charge in [-0.1, -0.05) is 13.0 Å². The van der Waals surface area contributed by atoms with E-state index in [0.717, 1.165) is 38.0 Å². The topological polar surface area (TPSA) is 104 Å². The number of pyridine rings is 1. The molecule has 0 saturated heterocycles. The maximum Gasteiger partial charge on any atom is 0.260 e. The van der Waals surface area contributed by atoms with E-state index >= 15 is 0 Å². The van der Waals surface area contributed by atoms with Gasteiger partial charge in [-0.25, -0.2) is 13.4 Å². The lowest BCUT2D eigenvalue weighted by Crippen LogP contribution is -2.53. The second kappa shape index (κ2) is 10.5. The number of hydrogen-bond acceptors (Lipinski definition) is 6. The first-order chi connectivity index (χ1) is 18.0. The Labute approximate surface area is 229 Å². The van der Waals surface area contributed by atoms with Crippen molar-refractivity contribution in [1.29, 1.82) is 5.26 Å². The van der Waals surface area contributed by atoms with Crippen molar-refractivity contribution < 1.29 is 18.3 Å². The van der Waals surface area contributed by atoms with E-state index in [-0.39, 0.29) is 22.2 Å². The Balaban J connectivity index is 1.30. The van der Waals surface area contributed by atoms with Gasteiger partial charge in [0.15, 0.2) is 5.03 Å². The second-order valence-electron chi connectivity index (χ2n) is 13.0. The number of aromatic nitrogens is 1. The summed E-state index contributed by atoms with van der Waals surface area (Å²) in [6.45, 7) is 7.61. The van der Waals surface area contributed by atoms with Crippen LogP contribution in [0.1, 0.15) is 84.3 Å². The van der Waals surface area contributed by atoms with E-state index in [2.05, 4.69) is 18.8 Å². The van der Waals surface area contributed by atoms with Crippen LogP contribution in [0.25, 0.3) is 0 Å². The minimum Gasteiger partial charge on any atom is -0.387 e. The van der Waals surface area contributed by atoms with Crippen LogP contribution >= 0.6 is 0 Å². The summed E-state index contributed by atoms with van der Waals surface area (Å²) in [4.78, 5) is 4.09. The Morgan fingerprint density at radius 1 is 1.16 bits per heavy atom. The van der Waals surface area contributed by atoms with Gasteiger partial charge in [0.1, 0.15) is 11.8 Å². The predicted molar refractivity (Wildman–Crippen MR) is 145 cm³/mol. The van der Waals surface area contributed by atoms with Crippen molar-refractivity contribution in [3.05, 3.63) is 23.9 Å². The van der Waals surface area contributed by atoms with E-state index in [4.69, 9.17) is 4.74 Å². The maximum atomic E-state index is 13.5. The minimum atomic E-state index is -3.79. The van der Waals surface area contributed by atoms with Crippen LogP contribution in [0.15, 0.2) is 23.2 Å². The SMILES string of the molecule is CCOC[C@@]1(O)CC[C@H]2[C@H](CC[C@@H]3[C@@H]2CC[C@]2(C)[C@@H]([C@@H](C)N(C)S(=O)(=O)c4cccc(C#N)n4)CC[C@@H]32)C1. The van der Waals surface area contributed by atoms with Crippen LogP contribution in [0, 0.1) is 52.3 Å². The largest absolute Gasteiger partial charge is 0.387 e. The van der Waals surface area contributed by atoms with Gasteiger partial charge in [-0.2, -0.15) is 9.57 Å². The molecule has 4 fully saturated rings. The third kappa shape index (κ3) is 4.72. The van der Waals surface area contributed by atoms with Gasteiger partial charge in [-0.3, -0.25) is 0 Å². The molecule has 8 heteroatoms. The van der Waals surface area contributed by atoms with Crippen molar-refractivity contribution >= 4 is 10.0 Å². The Morgan fingerprint density at radius 3 is 2.66 bits per heavy atom. The van der Waals surface area contributed by atoms with Crippen LogP contribution in [0.4, 0.5) is 0 Å². The molecule has 0 spiro atoms. The van der Waals surface area contributed by atoms with Crippen LogP contribution in [0.3, 0.4) is 0 Å². The van der Waals surface area contributed by atoms with Gasteiger partial charge in [-0.05, 0) is 125 Å². The molecule has 1 N–H and O–H groups in total. The molecule has 7 nitrogen and oxygen atoms in total. The number of ether oxygens (including phenoxy) is 1. The summed E-state index contributed by atoms with van der Waals surface area (Å²) in [5.74, 6) is 3.68. The normalized spacial score (nSPS) is 39.6. The molecule has 210 valence electrons. The smallest absolute Gasteiger partial charge is 0.260 e. The third-order valence-corrected chi connectivity index (χ3v) is 13.2. The molecule has 1 aromatic rings. The van der Waals surface area contributed by atoms with Gasteiger partial charge in [0.2, 0.25) is 0 Å². The number of hydrogen-bond donors (Lipinski definition) is 1. The zero-order valence-electron chi connectivity index (χ0n) is 23.5. The molecule has 0 amide bonds. The molecule has 1 aromatic heterocycles. The summed E-state index contributed by atoms with van der Waals surface area (Å²) in [5, 5.41) is 20.3. The molecule has 1 heterocycles. The Kier molecular flexibility index (Phi) is 7.71. The summed E-state index contributed by atoms with van der Waals surface area (Å²) in [7, 11) is -2.11. The van der Waals surface area contributed by atoms with Gasteiger partial charge in [0, 0.05) is 19.7 Å². The molecule has 0 aliphatic heterocycles. The van der Waals surface area contributed by atoms with Crippen molar-refractivity contribution in [2.24, 2.45) is 40.9 Å². The van der Waals surface area contributed by atoms with Crippen LogP contribution in [-0.2, 0) is 14.8 Å². The average Bonchev–Trinajstić information content (AvgIpc) is 3.28. The first-order valence-corrected chi connectivity index (χ1v) is 16.1. The van der Waals surface area contributed by atoms with Crippen molar-refractivity contribution in [3.8, 4) is 6.07 Å². The molecule has 4 aliphatic rings. The van der Waals surface area contributed by atoms with Gasteiger partial charge in [-0.15, -0.1) is 0 Å². The molecule has 9 atom stereocenters. The molecule has 5 rings (SSSR count). The zero-order chi connectivity index (χ0) is 27.3. The predicted octanol–water partition coefficient (Wildman–Crippen LogP) is 5.00. The number of fused-ring (bicyclic) bond motifs is 5. The second-order valence-corrected chi connectivity index (χ2v) is 14.9. The first kappa shape index (κ1) is 28.0. The molecule has 4 saturated carbocycles. The number of sulfonamides is 1. The van der Waals surface area contributed by atoms with Gasteiger partial charge in [0.05, 0.1) is 12.2 Å². The molecular weight excluding hydrogens is 498 g/mol. The van der Waals surface area contributed by atoms with Crippen molar-refractivity contribution in [2.75, 3.05) is 20.3 Å². The van der Waals surface area contributed by atoms with E-state index < -0.39 is 15.6 Å². The zero-order valence-corrected chi connectivity index (χ0v) is 24.3. The van der Waals surface area contributed by atoms with E-state index in [1.54, 1.807) is 13.1 Å². The molecule has 38 heavy (non-hydrogen) atoms. The van der Waals surface area contributed by atoms with E-state index in [9.17, 15) is 18.8 Å². The quantitative estimate of drug-likeness (QED) is 0.519. The average molecular weight is 544 g/mol. The number of rotatable bonds is 7. The molecule has 4 aliphatic carbocycles. The summed E-state index contributed by atoms with van der Waals surface area (Å²) >= 11 is 0. The fourth-order valence-electron chi connectivity index (χ4n) is 9.46. The van der Waals surface area contributed by atoms with Crippen LogP contribution < -0.4 is 0 Å². The lowest BCUT2D eigenvalue weighted by atomic mass is 9.48. The summed E-state index contributed by atoms with van der Waals surface area (Å²) < 4.78 is 34.1. The number of nitriles is 1. The fourth-order valence-corrected chi connectivity index (χ4v) is 10.8. The monoisotopic (exact) mass is 543 g/mol. The molecule has 0 aromatic carbocycles. The standard InChI is InChI=1S/C30H45N3O4S/c1-5-37-19-30(34)16-14-23-21(17-30)9-10-25-24(23)13-15-29(3)26(11-12-27(25)29)20(2)33(4)38(35,36)28-8-6-7-22(18-31)32-28/h6-8,20-21,23-27,34H,5,9-17,19H2,1-4H3/t20-,21-,23+,24-,25-,26-,27+,29-,30-/m1/s1. The molecular formula is C30H45N3O4S. The Morgan fingerprint density at radius 2 is 1.92 bits per heavy atom. The Hall–Kier alpha value is -1.53. The fraction of sp³-hybridized carbons (Fsp3) is 0.800. The molecule has 0 radical (unpaired) electrons. The summed E-state index contributed by atoms with van der Waals surface area (Å²) in [6.07, 6.45) is 9.86. The highest BCUT2D eigenvalue weighted by Crippen LogP contribution is 2.65. The van der Waals surface area contributed by atoms with Gasteiger partial charge >= 0.3 is 0 Å². The lowest BCUT2D eigenvalue weighted by molar-refractivity contribution is -0.129. The number of aliphatic hydroxyl groups is 1. The first-order valence-electron chi connectivity index (χ1n) is 14.7. The Bertz CT molecular complexity index is 1170. The van der Waals surface area contributed by atoms with E-state index in [1.807, 2.05) is 13.0 Å². The highest BCUT2D eigenvalue weighted by Gasteiger charge is 2.59. The number of nitrogens with zero attached hydrogens (tertiary/aromatic N) is 3. The maximum absolute atomic E-state index is 13.5. The highest BCUT2D eigenvalue weighted by atomic mass is 32.2. The highest BCUT2D eigenvalue weighted by molar-refractivity contribution is 7.89. The van der Waals surface area contributed by atoms with Crippen LogP contribution in [-0.4, -0.2) is 54.7 Å². The summed E-state index contributed by atoms with van der Waals surface area (Å²) in [6, 6.07) is 6.42. The third-order valence-electron chi connectivity index (χ3n) is 11.4. The summed E-state index contributed by atoms with van der Waals surface area (Å²) in [5.41, 5.74) is -0.407. The molecule has 0 unspecified atom stereocenters. The van der Waals surface area contributed by atoms with Crippen molar-refractivity contribution in [1.82, 2.24) is 9.29 Å². The minimum absolute atomic E-state index is 0.0470. The van der Waals surface area contributed by atoms with Crippen LogP contribution in [0.5, 0.6) is 0 Å². The van der Waals surface area contributed by atoms with Crippen LogP contribution in [0.2, 0.25) is 0 Å². The lowest BCUT2D eigenvalue weighted by Gasteiger charge is -2.57. The van der Waals surface area contributed by atoms with Gasteiger partial charge < -0.3 is 9.84 Å². The van der Waals surface area contributed by atoms with Crippen molar-refractivity contribution in [2.45, 2.75) is 95.2 Å². The van der Waals surface area contributed by atoms with Crippen molar-refractivity contribution in [3.63, 3.8) is 0 Å². The van der Waals surface area contributed by atoms with Gasteiger partial charge in [0.25, 0.3) is 10.0 Å². The van der Waals surface area contributed by atoms with E-state index in [1.165, 1.54) is 42.1 Å². The molecule has 0 bridgehead atoms.